The van der Waals surface area contributed by atoms with E-state index in [2.05, 4.69) is 5.32 Å². The number of hydrogen-bond acceptors (Lipinski definition) is 3. The van der Waals surface area contributed by atoms with Gasteiger partial charge in [0.1, 0.15) is 5.75 Å². The minimum absolute atomic E-state index is 0.0287. The molecule has 0 aliphatic rings. The maximum absolute atomic E-state index is 12.6. The highest BCUT2D eigenvalue weighted by molar-refractivity contribution is 5.78. The molecule has 2 rings (SSSR count). The van der Waals surface area contributed by atoms with Crippen molar-refractivity contribution in [2.45, 2.75) is 18.6 Å². The van der Waals surface area contributed by atoms with Crippen LogP contribution in [0.1, 0.15) is 22.7 Å². The van der Waals surface area contributed by atoms with Gasteiger partial charge in [-0.1, -0.05) is 24.3 Å². The molecule has 0 spiro atoms. The predicted octanol–water partition coefficient (Wildman–Crippen LogP) is 3.68. The molecule has 0 fully saturated rings. The van der Waals surface area contributed by atoms with Crippen LogP contribution in [0.3, 0.4) is 0 Å². The first-order valence-electron chi connectivity index (χ1n) is 8.44. The molecule has 2 aromatic carbocycles. The number of likely N-dealkylation sites (N-methyl/N-ethyl adjacent to an activating group) is 1. The maximum Gasteiger partial charge on any atom is 0.416 e. The molecule has 0 saturated heterocycles. The van der Waals surface area contributed by atoms with Gasteiger partial charge in [0.25, 0.3) is 0 Å². The summed E-state index contributed by atoms with van der Waals surface area (Å²) in [5.41, 5.74) is 0.834. The highest BCUT2D eigenvalue weighted by atomic mass is 19.4. The lowest BCUT2D eigenvalue weighted by molar-refractivity contribution is -0.137. The Morgan fingerprint density at radius 2 is 1.67 bits per heavy atom. The summed E-state index contributed by atoms with van der Waals surface area (Å²) in [6.45, 7) is 0.388. The second-order valence-electron chi connectivity index (χ2n) is 6.43. The first-order chi connectivity index (χ1) is 12.7. The van der Waals surface area contributed by atoms with Gasteiger partial charge < -0.3 is 15.0 Å². The van der Waals surface area contributed by atoms with Crippen LogP contribution >= 0.6 is 0 Å². The van der Waals surface area contributed by atoms with Gasteiger partial charge in [0.15, 0.2) is 0 Å². The van der Waals surface area contributed by atoms with E-state index >= 15 is 0 Å². The summed E-state index contributed by atoms with van der Waals surface area (Å²) < 4.78 is 42.9. The molecular weight excluding hydrogens is 357 g/mol. The highest BCUT2D eigenvalue weighted by Crippen LogP contribution is 2.29. The van der Waals surface area contributed by atoms with Crippen molar-refractivity contribution in [3.8, 4) is 5.75 Å². The molecule has 1 amide bonds. The van der Waals surface area contributed by atoms with E-state index in [1.807, 2.05) is 43.3 Å². The van der Waals surface area contributed by atoms with Gasteiger partial charge in [-0.2, -0.15) is 13.2 Å². The monoisotopic (exact) mass is 380 g/mol. The zero-order valence-corrected chi connectivity index (χ0v) is 15.5. The standard InChI is InChI=1S/C20H23F3N2O2/c1-25(2)18(15-6-10-17(27-3)11-7-15)13-24-19(26)12-14-4-8-16(9-5-14)20(21,22)23/h4-11,18H,12-13H2,1-3H3,(H,24,26). The van der Waals surface area contributed by atoms with Gasteiger partial charge in [0.05, 0.1) is 25.1 Å². The number of methoxy groups -OCH3 is 1. The summed E-state index contributed by atoms with van der Waals surface area (Å²) in [6.07, 6.45) is -4.35. The van der Waals surface area contributed by atoms with Crippen molar-refractivity contribution >= 4 is 5.91 Å². The molecule has 4 nitrogen and oxygen atoms in total. The quantitative estimate of drug-likeness (QED) is 0.797. The topological polar surface area (TPSA) is 41.6 Å². The highest BCUT2D eigenvalue weighted by Gasteiger charge is 2.30. The lowest BCUT2D eigenvalue weighted by Crippen LogP contribution is -2.35. The number of hydrogen-bond donors (Lipinski definition) is 1. The van der Waals surface area contributed by atoms with Crippen molar-refractivity contribution < 1.29 is 22.7 Å². The Labute approximate surface area is 156 Å². The van der Waals surface area contributed by atoms with Gasteiger partial charge in [-0.3, -0.25) is 4.79 Å². The number of nitrogens with zero attached hydrogens (tertiary/aromatic N) is 1. The van der Waals surface area contributed by atoms with Gasteiger partial charge in [-0.05, 0) is 49.5 Å². The van der Waals surface area contributed by atoms with E-state index in [1.54, 1.807) is 7.11 Å². The summed E-state index contributed by atoms with van der Waals surface area (Å²) in [7, 11) is 5.42. The SMILES string of the molecule is COc1ccc(C(CNC(=O)Cc2ccc(C(F)(F)F)cc2)N(C)C)cc1. The van der Waals surface area contributed by atoms with Gasteiger partial charge >= 0.3 is 6.18 Å². The molecule has 2 aromatic rings. The van der Waals surface area contributed by atoms with E-state index in [4.69, 9.17) is 4.74 Å². The zero-order valence-electron chi connectivity index (χ0n) is 15.5. The van der Waals surface area contributed by atoms with Gasteiger partial charge in [0.2, 0.25) is 5.91 Å². The molecule has 27 heavy (non-hydrogen) atoms. The Morgan fingerprint density at radius 1 is 1.07 bits per heavy atom. The number of rotatable bonds is 7. The minimum atomic E-state index is -4.38. The molecule has 0 saturated carbocycles. The molecule has 0 radical (unpaired) electrons. The number of carbonyl (C=O) groups excluding carboxylic acids is 1. The van der Waals surface area contributed by atoms with E-state index in [1.165, 1.54) is 12.1 Å². The summed E-state index contributed by atoms with van der Waals surface area (Å²) in [5, 5.41) is 2.85. The molecule has 146 valence electrons. The zero-order chi connectivity index (χ0) is 20.0. The fraction of sp³-hybridized carbons (Fsp3) is 0.350. The van der Waals surface area contributed by atoms with Crippen LogP contribution in [-0.4, -0.2) is 38.6 Å². The predicted molar refractivity (Wildman–Crippen MR) is 97.6 cm³/mol. The van der Waals surface area contributed by atoms with Gasteiger partial charge in [-0.25, -0.2) is 0 Å². The second-order valence-corrected chi connectivity index (χ2v) is 6.43. The van der Waals surface area contributed by atoms with Crippen LogP contribution < -0.4 is 10.1 Å². The third-order valence-electron chi connectivity index (χ3n) is 4.26. The Morgan fingerprint density at radius 3 is 2.15 bits per heavy atom. The van der Waals surface area contributed by atoms with Crippen LogP contribution in [0.25, 0.3) is 0 Å². The molecule has 0 aliphatic carbocycles. The third-order valence-corrected chi connectivity index (χ3v) is 4.26. The molecule has 0 bridgehead atoms. The van der Waals surface area contributed by atoms with Crippen LogP contribution in [0.15, 0.2) is 48.5 Å². The first-order valence-corrected chi connectivity index (χ1v) is 8.44. The average molecular weight is 380 g/mol. The van der Waals surface area contributed by atoms with E-state index in [0.717, 1.165) is 23.4 Å². The summed E-state index contributed by atoms with van der Waals surface area (Å²) >= 11 is 0. The smallest absolute Gasteiger partial charge is 0.416 e. The fourth-order valence-corrected chi connectivity index (χ4v) is 2.69. The third kappa shape index (κ3) is 5.99. The number of alkyl halides is 3. The number of ether oxygens (including phenoxy) is 1. The van der Waals surface area contributed by atoms with Crippen molar-refractivity contribution in [1.82, 2.24) is 10.2 Å². The molecule has 0 aliphatic heterocycles. The molecule has 0 aromatic heterocycles. The summed E-state index contributed by atoms with van der Waals surface area (Å²) in [6, 6.07) is 12.2. The average Bonchev–Trinajstić information content (AvgIpc) is 2.62. The van der Waals surface area contributed by atoms with E-state index in [0.29, 0.717) is 12.1 Å². The Hall–Kier alpha value is -2.54. The van der Waals surface area contributed by atoms with Crippen molar-refractivity contribution in [2.75, 3.05) is 27.7 Å². The number of halogens is 3. The van der Waals surface area contributed by atoms with Crippen molar-refractivity contribution in [3.05, 3.63) is 65.2 Å². The van der Waals surface area contributed by atoms with Crippen LogP contribution in [0.4, 0.5) is 13.2 Å². The number of nitrogens with one attached hydrogen (secondary N) is 1. The normalized spacial score (nSPS) is 12.7. The molecule has 1 unspecified atom stereocenters. The Kier molecular flexibility index (Phi) is 6.85. The van der Waals surface area contributed by atoms with Crippen LogP contribution in [-0.2, 0) is 17.4 Å². The van der Waals surface area contributed by atoms with Crippen molar-refractivity contribution in [1.29, 1.82) is 0 Å². The van der Waals surface area contributed by atoms with Gasteiger partial charge in [0, 0.05) is 6.54 Å². The van der Waals surface area contributed by atoms with Crippen LogP contribution in [0, 0.1) is 0 Å². The van der Waals surface area contributed by atoms with Crippen molar-refractivity contribution in [3.63, 3.8) is 0 Å². The molecule has 0 heterocycles. The summed E-state index contributed by atoms with van der Waals surface area (Å²) in [4.78, 5) is 14.2. The Balaban J connectivity index is 1.95. The minimum Gasteiger partial charge on any atom is -0.497 e. The molecule has 7 heteroatoms. The van der Waals surface area contributed by atoms with Crippen molar-refractivity contribution in [2.24, 2.45) is 0 Å². The second kappa shape index (κ2) is 8.90. The number of benzene rings is 2. The lowest BCUT2D eigenvalue weighted by atomic mass is 10.1. The van der Waals surface area contributed by atoms with E-state index in [-0.39, 0.29) is 18.4 Å². The molecular formula is C20H23F3N2O2. The van der Waals surface area contributed by atoms with Crippen LogP contribution in [0.2, 0.25) is 0 Å². The van der Waals surface area contributed by atoms with E-state index in [9.17, 15) is 18.0 Å². The summed E-state index contributed by atoms with van der Waals surface area (Å²) in [5.74, 6) is 0.512. The van der Waals surface area contributed by atoms with Crippen LogP contribution in [0.5, 0.6) is 5.75 Å². The first kappa shape index (κ1) is 20.8. The Bertz CT molecular complexity index is 741. The fourth-order valence-electron chi connectivity index (χ4n) is 2.69. The molecule has 1 atom stereocenters. The maximum atomic E-state index is 12.6. The number of carbonyl (C=O) groups is 1. The lowest BCUT2D eigenvalue weighted by Gasteiger charge is -2.25. The largest absolute Gasteiger partial charge is 0.497 e. The van der Waals surface area contributed by atoms with E-state index < -0.39 is 11.7 Å². The van der Waals surface area contributed by atoms with Gasteiger partial charge in [-0.15, -0.1) is 0 Å². The number of amides is 1. The molecule has 1 N–H and O–H groups in total.